The predicted molar refractivity (Wildman–Crippen MR) is 47.0 cm³/mol. The average molecular weight is 263 g/mol. The quantitative estimate of drug-likeness (QED) is 0.620. The molecule has 0 saturated heterocycles. The van der Waals surface area contributed by atoms with Crippen LogP contribution in [0.25, 0.3) is 0 Å². The van der Waals surface area contributed by atoms with Crippen LogP contribution in [0.1, 0.15) is 20.8 Å². The van der Waals surface area contributed by atoms with E-state index in [2.05, 4.69) is 0 Å². The molecule has 0 aromatic heterocycles. The van der Waals surface area contributed by atoms with Crippen molar-refractivity contribution in [3.8, 4) is 0 Å². The van der Waals surface area contributed by atoms with Crippen LogP contribution in [0.2, 0.25) is 0 Å². The molecule has 0 spiro atoms. The molecule has 0 aliphatic carbocycles. The summed E-state index contributed by atoms with van der Waals surface area (Å²) in [5.41, 5.74) is 0. The Bertz CT molecular complexity index is 187. The summed E-state index contributed by atoms with van der Waals surface area (Å²) >= 11 is 0. The molecule has 4 heteroatoms. The van der Waals surface area contributed by atoms with E-state index in [9.17, 15) is 9.90 Å². The standard InChI is InChI=1S/C9H16O3.Zr/c1-6(2)8(10)5-9(11)7(3)12-4;/h5-7,11H,1-4H3;/b9-5-;. The zero-order chi connectivity index (χ0) is 9.72. The Morgan fingerprint density at radius 2 is 1.85 bits per heavy atom. The van der Waals surface area contributed by atoms with Crippen LogP contribution in [0, 0.1) is 5.92 Å². The number of aliphatic hydroxyl groups excluding tert-OH is 1. The average Bonchev–Trinajstić information content (AvgIpc) is 2.02. The van der Waals surface area contributed by atoms with Gasteiger partial charge in [-0.25, -0.2) is 0 Å². The van der Waals surface area contributed by atoms with Gasteiger partial charge in [0, 0.05) is 45.3 Å². The zero-order valence-electron chi connectivity index (χ0n) is 8.50. The molecule has 0 aromatic rings. The van der Waals surface area contributed by atoms with Crippen molar-refractivity contribution in [2.24, 2.45) is 5.92 Å². The van der Waals surface area contributed by atoms with Crippen LogP contribution in [0.4, 0.5) is 0 Å². The molecule has 13 heavy (non-hydrogen) atoms. The molecule has 0 aliphatic heterocycles. The molecule has 0 amide bonds. The van der Waals surface area contributed by atoms with Crippen LogP contribution in [0.3, 0.4) is 0 Å². The van der Waals surface area contributed by atoms with Crippen LogP contribution in [-0.2, 0) is 35.7 Å². The van der Waals surface area contributed by atoms with Gasteiger partial charge in [-0.05, 0) is 6.92 Å². The molecule has 0 rings (SSSR count). The molecule has 1 atom stereocenters. The monoisotopic (exact) mass is 262 g/mol. The van der Waals surface area contributed by atoms with E-state index < -0.39 is 6.10 Å². The second-order valence-electron chi connectivity index (χ2n) is 3.00. The minimum absolute atomic E-state index is 0. The first-order valence-corrected chi connectivity index (χ1v) is 3.96. The molecule has 1 N–H and O–H groups in total. The van der Waals surface area contributed by atoms with Crippen LogP contribution >= 0.6 is 0 Å². The first-order valence-electron chi connectivity index (χ1n) is 3.96. The molecular formula is C9H16O3Zr. The molecule has 0 radical (unpaired) electrons. The van der Waals surface area contributed by atoms with Crippen molar-refractivity contribution in [1.82, 2.24) is 0 Å². The summed E-state index contributed by atoms with van der Waals surface area (Å²) in [6.45, 7) is 5.24. The van der Waals surface area contributed by atoms with Crippen molar-refractivity contribution in [2.45, 2.75) is 26.9 Å². The summed E-state index contributed by atoms with van der Waals surface area (Å²) in [5.74, 6) is -0.191. The number of methoxy groups -OCH3 is 1. The Balaban J connectivity index is 0. The summed E-state index contributed by atoms with van der Waals surface area (Å²) < 4.78 is 4.82. The van der Waals surface area contributed by atoms with Gasteiger partial charge >= 0.3 is 0 Å². The van der Waals surface area contributed by atoms with Crippen LogP contribution in [0.15, 0.2) is 11.8 Å². The second kappa shape index (κ2) is 7.46. The van der Waals surface area contributed by atoms with Crippen LogP contribution < -0.4 is 0 Å². The number of carbonyl (C=O) groups excluding carboxylic acids is 1. The number of carbonyl (C=O) groups is 1. The van der Waals surface area contributed by atoms with E-state index in [1.165, 1.54) is 13.2 Å². The van der Waals surface area contributed by atoms with Crippen LogP contribution in [-0.4, -0.2) is 24.1 Å². The molecular weight excluding hydrogens is 247 g/mol. The number of hydrogen-bond donors (Lipinski definition) is 1. The van der Waals surface area contributed by atoms with Crippen molar-refractivity contribution >= 4 is 5.78 Å². The molecule has 0 aromatic carbocycles. The Kier molecular flexibility index (Phi) is 8.90. The maximum atomic E-state index is 11.1. The van der Waals surface area contributed by atoms with Crippen LogP contribution in [0.5, 0.6) is 0 Å². The van der Waals surface area contributed by atoms with Gasteiger partial charge in [-0.2, -0.15) is 0 Å². The summed E-state index contributed by atoms with van der Waals surface area (Å²) in [5, 5.41) is 9.25. The van der Waals surface area contributed by atoms with E-state index in [1.807, 2.05) is 0 Å². The molecule has 0 fully saturated rings. The van der Waals surface area contributed by atoms with E-state index in [-0.39, 0.29) is 43.7 Å². The molecule has 0 heterocycles. The first kappa shape index (κ1) is 15.5. The van der Waals surface area contributed by atoms with Crippen molar-refractivity contribution in [2.75, 3.05) is 7.11 Å². The third-order valence-electron chi connectivity index (χ3n) is 1.63. The van der Waals surface area contributed by atoms with Crippen molar-refractivity contribution in [1.29, 1.82) is 0 Å². The Labute approximate surface area is 98.3 Å². The largest absolute Gasteiger partial charge is 0.509 e. The summed E-state index contributed by atoms with van der Waals surface area (Å²) in [4.78, 5) is 11.1. The Morgan fingerprint density at radius 3 is 2.15 bits per heavy atom. The Hall–Kier alpha value is 0.0531. The number of hydrogen-bond acceptors (Lipinski definition) is 3. The minimum atomic E-state index is -0.410. The summed E-state index contributed by atoms with van der Waals surface area (Å²) in [7, 11) is 1.48. The molecule has 74 valence electrons. The van der Waals surface area contributed by atoms with Gasteiger partial charge in [-0.1, -0.05) is 13.8 Å². The number of allylic oxidation sites excluding steroid dienone is 1. The van der Waals surface area contributed by atoms with Gasteiger partial charge in [0.1, 0.15) is 11.9 Å². The number of aliphatic hydroxyl groups is 1. The maximum Gasteiger partial charge on any atom is 0.161 e. The topological polar surface area (TPSA) is 46.5 Å². The first-order chi connectivity index (χ1) is 5.49. The number of ether oxygens (including phenoxy) is 1. The fourth-order valence-corrected chi connectivity index (χ4v) is 0.551. The smallest absolute Gasteiger partial charge is 0.161 e. The summed E-state index contributed by atoms with van der Waals surface area (Å²) in [6, 6.07) is 0. The predicted octanol–water partition coefficient (Wildman–Crippen LogP) is 1.69. The van der Waals surface area contributed by atoms with Gasteiger partial charge < -0.3 is 9.84 Å². The van der Waals surface area contributed by atoms with Crippen molar-refractivity contribution in [3.05, 3.63) is 11.8 Å². The van der Waals surface area contributed by atoms with Gasteiger partial charge in [-0.15, -0.1) is 0 Å². The van der Waals surface area contributed by atoms with Gasteiger partial charge in [0.05, 0.1) is 0 Å². The third kappa shape index (κ3) is 6.17. The number of rotatable bonds is 4. The molecule has 0 bridgehead atoms. The van der Waals surface area contributed by atoms with Crippen molar-refractivity contribution < 1.29 is 40.8 Å². The van der Waals surface area contributed by atoms with E-state index in [1.54, 1.807) is 20.8 Å². The number of ketones is 1. The Morgan fingerprint density at radius 1 is 1.38 bits per heavy atom. The molecule has 3 nitrogen and oxygen atoms in total. The minimum Gasteiger partial charge on any atom is -0.509 e. The fraction of sp³-hybridized carbons (Fsp3) is 0.667. The maximum absolute atomic E-state index is 11.1. The molecule has 0 saturated carbocycles. The van der Waals surface area contributed by atoms with Gasteiger partial charge in [-0.3, -0.25) is 4.79 Å². The summed E-state index contributed by atoms with van der Waals surface area (Å²) in [6.07, 6.45) is 0.812. The van der Waals surface area contributed by atoms with Gasteiger partial charge in [0.15, 0.2) is 5.78 Å². The van der Waals surface area contributed by atoms with E-state index in [0.717, 1.165) is 0 Å². The normalized spacial score (nSPS) is 13.8. The van der Waals surface area contributed by atoms with E-state index >= 15 is 0 Å². The zero-order valence-corrected chi connectivity index (χ0v) is 11.0. The fourth-order valence-electron chi connectivity index (χ4n) is 0.551. The van der Waals surface area contributed by atoms with E-state index in [4.69, 9.17) is 4.74 Å². The van der Waals surface area contributed by atoms with Gasteiger partial charge in [0.25, 0.3) is 0 Å². The molecule has 0 aliphatic rings. The SMILES string of the molecule is COC(C)/C(O)=C/C(=O)C(C)C.[Zr]. The third-order valence-corrected chi connectivity index (χ3v) is 1.63. The van der Waals surface area contributed by atoms with Gasteiger partial charge in [0.2, 0.25) is 0 Å². The van der Waals surface area contributed by atoms with E-state index in [0.29, 0.717) is 0 Å². The second-order valence-corrected chi connectivity index (χ2v) is 3.00. The molecule has 1 unspecified atom stereocenters. The van der Waals surface area contributed by atoms with Crippen molar-refractivity contribution in [3.63, 3.8) is 0 Å².